The van der Waals surface area contributed by atoms with Crippen molar-refractivity contribution in [3.05, 3.63) is 58.9 Å². The third-order valence-corrected chi connectivity index (χ3v) is 5.49. The van der Waals surface area contributed by atoms with E-state index in [0.717, 1.165) is 36.0 Å². The fourth-order valence-electron chi connectivity index (χ4n) is 4.03. The van der Waals surface area contributed by atoms with Gasteiger partial charge in [-0.3, -0.25) is 4.79 Å². The maximum Gasteiger partial charge on any atom is 0.226 e. The van der Waals surface area contributed by atoms with Gasteiger partial charge in [0.15, 0.2) is 11.5 Å². The van der Waals surface area contributed by atoms with Crippen LogP contribution in [0.3, 0.4) is 0 Å². The fourth-order valence-corrected chi connectivity index (χ4v) is 4.03. The summed E-state index contributed by atoms with van der Waals surface area (Å²) in [7, 11) is 3.22. The van der Waals surface area contributed by atoms with Crippen LogP contribution < -0.4 is 9.47 Å². The topological polar surface area (TPSA) is 38.8 Å². The molecule has 0 saturated carbocycles. The molecule has 3 rings (SSSR count). The molecule has 0 bridgehead atoms. The molecule has 0 fully saturated rings. The number of carbonyl (C=O) groups is 1. The van der Waals surface area contributed by atoms with Gasteiger partial charge in [-0.1, -0.05) is 32.4 Å². The number of nitrogens with zero attached hydrogens (tertiary/aromatic N) is 1. The number of carbonyl (C=O) groups excluding carboxylic acids is 1. The number of ether oxygens (including phenoxy) is 2. The second kappa shape index (κ2) is 8.63. The first-order chi connectivity index (χ1) is 13.5. The molecule has 4 nitrogen and oxygen atoms in total. The van der Waals surface area contributed by atoms with Crippen molar-refractivity contribution in [3.63, 3.8) is 0 Å². The molecule has 150 valence electrons. The van der Waals surface area contributed by atoms with Crippen LogP contribution in [-0.2, 0) is 11.2 Å². The molecular formula is C23H28FNO3. The molecule has 1 heterocycles. The number of methoxy groups -OCH3 is 2. The standard InChI is InChI=1S/C23H28FNO3/c1-5-6-15(2)23(26)25-12-11-17-13-20(27-3)21(28-4)14-19(17)22(25)16-7-9-18(24)10-8-16/h7-10,13-15,22H,5-6,11-12H2,1-4H3. The minimum atomic E-state index is -0.288. The van der Waals surface area contributed by atoms with Crippen LogP contribution in [0.4, 0.5) is 4.39 Å². The second-order valence-corrected chi connectivity index (χ2v) is 7.33. The van der Waals surface area contributed by atoms with Crippen LogP contribution in [0.2, 0.25) is 0 Å². The molecule has 1 aliphatic rings. The van der Waals surface area contributed by atoms with E-state index in [-0.39, 0.29) is 23.7 Å². The molecule has 0 spiro atoms. The molecule has 0 N–H and O–H groups in total. The molecule has 0 radical (unpaired) electrons. The molecule has 1 aliphatic heterocycles. The van der Waals surface area contributed by atoms with Gasteiger partial charge >= 0.3 is 0 Å². The highest BCUT2D eigenvalue weighted by Gasteiger charge is 2.34. The summed E-state index contributed by atoms with van der Waals surface area (Å²) in [6.07, 6.45) is 2.56. The SMILES string of the molecule is CCCC(C)C(=O)N1CCc2cc(OC)c(OC)cc2C1c1ccc(F)cc1. The molecular weight excluding hydrogens is 357 g/mol. The highest BCUT2D eigenvalue weighted by atomic mass is 19.1. The van der Waals surface area contributed by atoms with Crippen LogP contribution in [0.15, 0.2) is 36.4 Å². The summed E-state index contributed by atoms with van der Waals surface area (Å²) < 4.78 is 24.5. The Labute approximate surface area is 166 Å². The number of hydrogen-bond acceptors (Lipinski definition) is 3. The van der Waals surface area contributed by atoms with Gasteiger partial charge in [-0.25, -0.2) is 4.39 Å². The van der Waals surface area contributed by atoms with E-state index < -0.39 is 0 Å². The number of fused-ring (bicyclic) bond motifs is 1. The Morgan fingerprint density at radius 2 is 1.82 bits per heavy atom. The van der Waals surface area contributed by atoms with E-state index in [0.29, 0.717) is 18.0 Å². The van der Waals surface area contributed by atoms with Gasteiger partial charge in [0.1, 0.15) is 5.82 Å². The molecule has 2 aromatic rings. The number of halogens is 1. The Morgan fingerprint density at radius 1 is 1.18 bits per heavy atom. The molecule has 0 aromatic heterocycles. The normalized spacial score (nSPS) is 17.0. The van der Waals surface area contributed by atoms with Crippen molar-refractivity contribution in [2.24, 2.45) is 5.92 Å². The number of amides is 1. The summed E-state index contributed by atoms with van der Waals surface area (Å²) in [5.74, 6) is 1.11. The Hall–Kier alpha value is -2.56. The molecule has 2 atom stereocenters. The van der Waals surface area contributed by atoms with Crippen molar-refractivity contribution >= 4 is 5.91 Å². The molecule has 2 unspecified atom stereocenters. The Morgan fingerprint density at radius 3 is 2.43 bits per heavy atom. The van der Waals surface area contributed by atoms with E-state index in [1.165, 1.54) is 12.1 Å². The minimum absolute atomic E-state index is 0.0466. The average molecular weight is 385 g/mol. The zero-order valence-electron chi connectivity index (χ0n) is 17.0. The number of benzene rings is 2. The first kappa shape index (κ1) is 20.2. The molecule has 1 amide bonds. The van der Waals surface area contributed by atoms with Gasteiger partial charge in [0.2, 0.25) is 5.91 Å². The molecule has 0 saturated heterocycles. The average Bonchev–Trinajstić information content (AvgIpc) is 2.72. The summed E-state index contributed by atoms with van der Waals surface area (Å²) >= 11 is 0. The van der Waals surface area contributed by atoms with Gasteiger partial charge in [0.25, 0.3) is 0 Å². The first-order valence-electron chi connectivity index (χ1n) is 9.80. The van der Waals surface area contributed by atoms with E-state index in [9.17, 15) is 9.18 Å². The van der Waals surface area contributed by atoms with Gasteiger partial charge in [0, 0.05) is 12.5 Å². The smallest absolute Gasteiger partial charge is 0.226 e. The van der Waals surface area contributed by atoms with Crippen molar-refractivity contribution in [1.82, 2.24) is 4.90 Å². The van der Waals surface area contributed by atoms with Crippen LogP contribution in [0.5, 0.6) is 11.5 Å². The van der Waals surface area contributed by atoms with Crippen molar-refractivity contribution in [2.45, 2.75) is 39.2 Å². The summed E-state index contributed by atoms with van der Waals surface area (Å²) in [4.78, 5) is 15.2. The van der Waals surface area contributed by atoms with Crippen molar-refractivity contribution < 1.29 is 18.7 Å². The van der Waals surface area contributed by atoms with Crippen molar-refractivity contribution in [2.75, 3.05) is 20.8 Å². The van der Waals surface area contributed by atoms with Crippen LogP contribution in [0, 0.1) is 11.7 Å². The van der Waals surface area contributed by atoms with Gasteiger partial charge in [-0.15, -0.1) is 0 Å². The minimum Gasteiger partial charge on any atom is -0.493 e. The van der Waals surface area contributed by atoms with Gasteiger partial charge in [-0.05, 0) is 53.8 Å². The van der Waals surface area contributed by atoms with Gasteiger partial charge in [0.05, 0.1) is 20.3 Å². The maximum atomic E-state index is 13.5. The third-order valence-electron chi connectivity index (χ3n) is 5.49. The van der Waals surface area contributed by atoms with Gasteiger partial charge in [-0.2, -0.15) is 0 Å². The predicted molar refractivity (Wildman–Crippen MR) is 107 cm³/mol. The lowest BCUT2D eigenvalue weighted by atomic mass is 9.86. The second-order valence-electron chi connectivity index (χ2n) is 7.33. The zero-order valence-corrected chi connectivity index (χ0v) is 17.0. The summed E-state index contributed by atoms with van der Waals surface area (Å²) in [6.45, 7) is 4.69. The third kappa shape index (κ3) is 3.84. The Balaban J connectivity index is 2.11. The maximum absolute atomic E-state index is 13.5. The zero-order chi connectivity index (χ0) is 20.3. The molecule has 28 heavy (non-hydrogen) atoms. The van der Waals surface area contributed by atoms with E-state index >= 15 is 0 Å². The van der Waals surface area contributed by atoms with E-state index in [1.54, 1.807) is 26.4 Å². The molecule has 5 heteroatoms. The Kier molecular flexibility index (Phi) is 6.22. The highest BCUT2D eigenvalue weighted by Crippen LogP contribution is 2.41. The lowest BCUT2D eigenvalue weighted by Crippen LogP contribution is -2.43. The summed E-state index contributed by atoms with van der Waals surface area (Å²) in [5.41, 5.74) is 3.03. The van der Waals surface area contributed by atoms with Gasteiger partial charge < -0.3 is 14.4 Å². The lowest BCUT2D eigenvalue weighted by Gasteiger charge is -2.39. The lowest BCUT2D eigenvalue weighted by molar-refractivity contribution is -0.137. The van der Waals surface area contributed by atoms with E-state index in [2.05, 4.69) is 6.92 Å². The quantitative estimate of drug-likeness (QED) is 0.720. The molecule has 0 aliphatic carbocycles. The summed E-state index contributed by atoms with van der Waals surface area (Å²) in [6, 6.07) is 10.1. The largest absolute Gasteiger partial charge is 0.493 e. The fraction of sp³-hybridized carbons (Fsp3) is 0.435. The van der Waals surface area contributed by atoms with Crippen LogP contribution in [0.1, 0.15) is 49.4 Å². The van der Waals surface area contributed by atoms with Crippen LogP contribution in [0.25, 0.3) is 0 Å². The molecule has 2 aromatic carbocycles. The van der Waals surface area contributed by atoms with E-state index in [1.807, 2.05) is 24.0 Å². The van der Waals surface area contributed by atoms with Crippen LogP contribution in [-0.4, -0.2) is 31.6 Å². The number of rotatable bonds is 6. The first-order valence-corrected chi connectivity index (χ1v) is 9.80. The van der Waals surface area contributed by atoms with Crippen molar-refractivity contribution in [1.29, 1.82) is 0 Å². The van der Waals surface area contributed by atoms with Crippen LogP contribution >= 0.6 is 0 Å². The predicted octanol–water partition coefficient (Wildman–Crippen LogP) is 4.75. The monoisotopic (exact) mass is 385 g/mol. The van der Waals surface area contributed by atoms with Crippen molar-refractivity contribution in [3.8, 4) is 11.5 Å². The summed E-state index contributed by atoms with van der Waals surface area (Å²) in [5, 5.41) is 0. The number of hydrogen-bond donors (Lipinski definition) is 0. The highest BCUT2D eigenvalue weighted by molar-refractivity contribution is 5.80. The Bertz CT molecular complexity index is 834. The van der Waals surface area contributed by atoms with E-state index in [4.69, 9.17) is 9.47 Å².